The first-order valence-corrected chi connectivity index (χ1v) is 8.68. The Hall–Kier alpha value is -1.07. The second-order valence-electron chi connectivity index (χ2n) is 6.02. The third-order valence-electron chi connectivity index (χ3n) is 4.50. The molecule has 0 heterocycles. The molecule has 2 rings (SSSR count). The topological polar surface area (TPSA) is 72.2 Å². The summed E-state index contributed by atoms with van der Waals surface area (Å²) in [5, 5.41) is 0. The van der Waals surface area contributed by atoms with Crippen molar-refractivity contribution in [2.24, 2.45) is 11.8 Å². The van der Waals surface area contributed by atoms with Crippen LogP contribution in [0.2, 0.25) is 0 Å². The van der Waals surface area contributed by atoms with E-state index in [2.05, 4.69) is 18.6 Å². The van der Waals surface area contributed by atoms with Gasteiger partial charge in [0, 0.05) is 11.7 Å². The van der Waals surface area contributed by atoms with E-state index in [9.17, 15) is 8.42 Å². The molecule has 0 aliphatic heterocycles. The van der Waals surface area contributed by atoms with Gasteiger partial charge in [0.05, 0.1) is 4.90 Å². The molecule has 1 aliphatic rings. The van der Waals surface area contributed by atoms with Gasteiger partial charge in [-0.05, 0) is 48.9 Å². The zero-order chi connectivity index (χ0) is 14.9. The van der Waals surface area contributed by atoms with E-state index in [4.69, 9.17) is 5.73 Å². The molecule has 3 N–H and O–H groups in total. The number of aryl methyl sites for hydroxylation is 1. The Morgan fingerprint density at radius 1 is 1.25 bits per heavy atom. The van der Waals surface area contributed by atoms with Crippen LogP contribution in [0.25, 0.3) is 0 Å². The Kier molecular flexibility index (Phi) is 4.39. The highest BCUT2D eigenvalue weighted by Gasteiger charge is 2.31. The highest BCUT2D eigenvalue weighted by molar-refractivity contribution is 7.89. The molecular weight excluding hydrogens is 272 g/mol. The molecule has 4 nitrogen and oxygen atoms in total. The normalized spacial score (nSPS) is 27.4. The first-order chi connectivity index (χ1) is 9.31. The van der Waals surface area contributed by atoms with Crippen LogP contribution in [0.15, 0.2) is 23.1 Å². The average molecular weight is 296 g/mol. The van der Waals surface area contributed by atoms with E-state index >= 15 is 0 Å². The lowest BCUT2D eigenvalue weighted by Crippen LogP contribution is -2.43. The molecule has 1 aromatic carbocycles. The number of hydrogen-bond donors (Lipinski definition) is 2. The molecule has 0 aromatic heterocycles. The SMILES string of the molecule is Cc1cc(N)ccc1S(=O)(=O)NC1CCCC(C)C1C. The molecule has 1 aliphatic carbocycles. The summed E-state index contributed by atoms with van der Waals surface area (Å²) in [7, 11) is -3.47. The highest BCUT2D eigenvalue weighted by Crippen LogP contribution is 2.30. The van der Waals surface area contributed by atoms with Crippen molar-refractivity contribution >= 4 is 15.7 Å². The summed E-state index contributed by atoms with van der Waals surface area (Å²) >= 11 is 0. The maximum Gasteiger partial charge on any atom is 0.241 e. The fraction of sp³-hybridized carbons (Fsp3) is 0.600. The van der Waals surface area contributed by atoms with Gasteiger partial charge in [0.1, 0.15) is 0 Å². The van der Waals surface area contributed by atoms with Gasteiger partial charge in [0.25, 0.3) is 0 Å². The molecule has 1 saturated carbocycles. The van der Waals surface area contributed by atoms with E-state index in [0.717, 1.165) is 12.8 Å². The molecule has 3 unspecified atom stereocenters. The Morgan fingerprint density at radius 3 is 2.60 bits per heavy atom. The van der Waals surface area contributed by atoms with Crippen LogP contribution in [0.1, 0.15) is 38.7 Å². The summed E-state index contributed by atoms with van der Waals surface area (Å²) in [6.45, 7) is 6.10. The van der Waals surface area contributed by atoms with Crippen LogP contribution < -0.4 is 10.5 Å². The molecular formula is C15H24N2O2S. The van der Waals surface area contributed by atoms with Gasteiger partial charge in [-0.25, -0.2) is 13.1 Å². The van der Waals surface area contributed by atoms with Crippen molar-refractivity contribution in [2.75, 3.05) is 5.73 Å². The number of hydrogen-bond acceptors (Lipinski definition) is 3. The fourth-order valence-electron chi connectivity index (χ4n) is 2.99. The molecule has 0 spiro atoms. The van der Waals surface area contributed by atoms with Crippen molar-refractivity contribution in [3.8, 4) is 0 Å². The molecule has 1 fully saturated rings. The number of nitrogen functional groups attached to an aromatic ring is 1. The van der Waals surface area contributed by atoms with Crippen LogP contribution in [0.4, 0.5) is 5.69 Å². The van der Waals surface area contributed by atoms with Crippen molar-refractivity contribution in [1.29, 1.82) is 0 Å². The van der Waals surface area contributed by atoms with Gasteiger partial charge >= 0.3 is 0 Å². The smallest absolute Gasteiger partial charge is 0.241 e. The van der Waals surface area contributed by atoms with E-state index < -0.39 is 10.0 Å². The second-order valence-corrected chi connectivity index (χ2v) is 7.70. The van der Waals surface area contributed by atoms with Crippen LogP contribution >= 0.6 is 0 Å². The largest absolute Gasteiger partial charge is 0.399 e. The minimum atomic E-state index is -3.47. The Morgan fingerprint density at radius 2 is 1.95 bits per heavy atom. The number of nitrogens with two attached hydrogens (primary N) is 1. The minimum Gasteiger partial charge on any atom is -0.399 e. The lowest BCUT2D eigenvalue weighted by Gasteiger charge is -2.34. The van der Waals surface area contributed by atoms with E-state index in [1.54, 1.807) is 25.1 Å². The number of benzene rings is 1. The average Bonchev–Trinajstić information content (AvgIpc) is 2.34. The Balaban J connectivity index is 2.22. The lowest BCUT2D eigenvalue weighted by molar-refractivity contribution is 0.227. The van der Waals surface area contributed by atoms with Crippen LogP contribution in [0, 0.1) is 18.8 Å². The van der Waals surface area contributed by atoms with E-state index in [-0.39, 0.29) is 6.04 Å². The van der Waals surface area contributed by atoms with Crippen LogP contribution in [0.3, 0.4) is 0 Å². The summed E-state index contributed by atoms with van der Waals surface area (Å²) < 4.78 is 27.9. The third kappa shape index (κ3) is 3.15. The standard InChI is InChI=1S/C15H24N2O2S/c1-10-5-4-6-14(12(10)3)17-20(18,19)15-8-7-13(16)9-11(15)2/h7-10,12,14,17H,4-6,16H2,1-3H3. The summed E-state index contributed by atoms with van der Waals surface area (Å²) in [6, 6.07) is 4.94. The van der Waals surface area contributed by atoms with E-state index in [0.29, 0.717) is 28.0 Å². The zero-order valence-corrected chi connectivity index (χ0v) is 13.2. The molecule has 20 heavy (non-hydrogen) atoms. The number of anilines is 1. The summed E-state index contributed by atoms with van der Waals surface area (Å²) in [5.74, 6) is 0.927. The van der Waals surface area contributed by atoms with Crippen LogP contribution in [-0.2, 0) is 10.0 Å². The zero-order valence-electron chi connectivity index (χ0n) is 12.4. The van der Waals surface area contributed by atoms with Crippen molar-refractivity contribution in [2.45, 2.75) is 51.0 Å². The van der Waals surface area contributed by atoms with Gasteiger partial charge in [0.2, 0.25) is 10.0 Å². The van der Waals surface area contributed by atoms with Gasteiger partial charge in [-0.15, -0.1) is 0 Å². The Bertz CT molecular complexity index is 584. The fourth-order valence-corrected chi connectivity index (χ4v) is 4.57. The number of nitrogens with one attached hydrogen (secondary N) is 1. The van der Waals surface area contributed by atoms with Crippen molar-refractivity contribution in [3.05, 3.63) is 23.8 Å². The maximum absolute atomic E-state index is 12.5. The van der Waals surface area contributed by atoms with Gasteiger partial charge in [-0.2, -0.15) is 0 Å². The molecule has 0 radical (unpaired) electrons. The van der Waals surface area contributed by atoms with Crippen molar-refractivity contribution in [3.63, 3.8) is 0 Å². The summed E-state index contributed by atoms with van der Waals surface area (Å²) in [4.78, 5) is 0.331. The number of rotatable bonds is 3. The minimum absolute atomic E-state index is 0.0284. The molecule has 0 amide bonds. The Labute approximate surface area is 121 Å². The molecule has 3 atom stereocenters. The van der Waals surface area contributed by atoms with Gasteiger partial charge in [-0.3, -0.25) is 0 Å². The highest BCUT2D eigenvalue weighted by atomic mass is 32.2. The third-order valence-corrected chi connectivity index (χ3v) is 6.15. The van der Waals surface area contributed by atoms with E-state index in [1.165, 1.54) is 6.42 Å². The number of sulfonamides is 1. The molecule has 0 saturated heterocycles. The van der Waals surface area contributed by atoms with Gasteiger partial charge in [0.15, 0.2) is 0 Å². The molecule has 112 valence electrons. The first kappa shape index (κ1) is 15.3. The first-order valence-electron chi connectivity index (χ1n) is 7.19. The summed E-state index contributed by atoms with van der Waals surface area (Å²) in [5.41, 5.74) is 6.95. The predicted octanol–water partition coefficient (Wildman–Crippen LogP) is 2.68. The van der Waals surface area contributed by atoms with Crippen molar-refractivity contribution in [1.82, 2.24) is 4.72 Å². The van der Waals surface area contributed by atoms with E-state index in [1.807, 2.05) is 0 Å². The monoisotopic (exact) mass is 296 g/mol. The quantitative estimate of drug-likeness (QED) is 0.842. The maximum atomic E-state index is 12.5. The van der Waals surface area contributed by atoms with Crippen LogP contribution in [0.5, 0.6) is 0 Å². The van der Waals surface area contributed by atoms with Crippen molar-refractivity contribution < 1.29 is 8.42 Å². The molecule has 0 bridgehead atoms. The molecule has 1 aromatic rings. The predicted molar refractivity (Wildman–Crippen MR) is 81.9 cm³/mol. The second kappa shape index (κ2) is 5.74. The summed E-state index contributed by atoms with van der Waals surface area (Å²) in [6.07, 6.45) is 3.18. The molecule has 5 heteroatoms. The van der Waals surface area contributed by atoms with Gasteiger partial charge in [-0.1, -0.05) is 26.7 Å². The van der Waals surface area contributed by atoms with Gasteiger partial charge < -0.3 is 5.73 Å². The van der Waals surface area contributed by atoms with Crippen LogP contribution in [-0.4, -0.2) is 14.5 Å². The lowest BCUT2D eigenvalue weighted by atomic mass is 9.78.